The van der Waals surface area contributed by atoms with Gasteiger partial charge in [-0.2, -0.15) is 0 Å². The van der Waals surface area contributed by atoms with Gasteiger partial charge in [0.15, 0.2) is 0 Å². The number of rotatable bonds is 7. The highest BCUT2D eigenvalue weighted by molar-refractivity contribution is 7.89. The molecule has 2 unspecified atom stereocenters. The first kappa shape index (κ1) is 23.7. The summed E-state index contributed by atoms with van der Waals surface area (Å²) >= 11 is 5.78. The number of carbonyl (C=O) groups is 1. The average Bonchev–Trinajstić information content (AvgIpc) is 2.75. The number of nitrogens with one attached hydrogen (secondary N) is 2. The van der Waals surface area contributed by atoms with Gasteiger partial charge < -0.3 is 5.32 Å². The number of benzene rings is 2. The topological polar surface area (TPSA) is 78.5 Å². The molecule has 2 aromatic rings. The van der Waals surface area contributed by atoms with Crippen LogP contribution in [0.15, 0.2) is 47.4 Å². The summed E-state index contributed by atoms with van der Waals surface area (Å²) in [4.78, 5) is 14.9. The second kappa shape index (κ2) is 10.1. The molecule has 3 rings (SSSR count). The lowest BCUT2D eigenvalue weighted by atomic mass is 9.97. The van der Waals surface area contributed by atoms with E-state index < -0.39 is 21.9 Å². The maximum absolute atomic E-state index is 13.3. The molecule has 1 amide bonds. The summed E-state index contributed by atoms with van der Waals surface area (Å²) in [5.41, 5.74) is 1.43. The number of aryl methyl sites for hydroxylation is 1. The third kappa shape index (κ3) is 6.26. The Morgan fingerprint density at radius 2 is 1.97 bits per heavy atom. The van der Waals surface area contributed by atoms with Gasteiger partial charge in [0.25, 0.3) is 0 Å². The highest BCUT2D eigenvalue weighted by Gasteiger charge is 2.28. The van der Waals surface area contributed by atoms with Gasteiger partial charge in [-0.3, -0.25) is 9.69 Å². The first-order chi connectivity index (χ1) is 14.7. The van der Waals surface area contributed by atoms with Gasteiger partial charge in [-0.25, -0.2) is 17.5 Å². The largest absolute Gasteiger partial charge is 0.325 e. The Morgan fingerprint density at radius 3 is 2.65 bits per heavy atom. The molecule has 31 heavy (non-hydrogen) atoms. The number of likely N-dealkylation sites (tertiary alicyclic amines) is 1. The molecule has 0 aromatic heterocycles. The van der Waals surface area contributed by atoms with Crippen LogP contribution in [0.1, 0.15) is 25.3 Å². The monoisotopic (exact) mass is 467 g/mol. The minimum atomic E-state index is -3.57. The van der Waals surface area contributed by atoms with Crippen molar-refractivity contribution in [3.05, 3.63) is 58.9 Å². The molecule has 6 nitrogen and oxygen atoms in total. The van der Waals surface area contributed by atoms with E-state index in [1.54, 1.807) is 31.2 Å². The fourth-order valence-electron chi connectivity index (χ4n) is 3.63. The van der Waals surface area contributed by atoms with Gasteiger partial charge in [0.05, 0.1) is 16.0 Å². The molecule has 1 saturated heterocycles. The van der Waals surface area contributed by atoms with E-state index in [-0.39, 0.29) is 21.7 Å². The minimum absolute atomic E-state index is 0.0515. The lowest BCUT2D eigenvalue weighted by Gasteiger charge is -2.36. The summed E-state index contributed by atoms with van der Waals surface area (Å²) in [6.45, 7) is 5.38. The van der Waals surface area contributed by atoms with E-state index in [4.69, 9.17) is 11.6 Å². The third-order valence-electron chi connectivity index (χ3n) is 5.56. The molecule has 2 N–H and O–H groups in total. The van der Waals surface area contributed by atoms with Crippen molar-refractivity contribution in [3.63, 3.8) is 0 Å². The average molecular weight is 468 g/mol. The van der Waals surface area contributed by atoms with Crippen LogP contribution in [0, 0.1) is 18.7 Å². The number of halogens is 2. The van der Waals surface area contributed by atoms with Crippen LogP contribution in [-0.2, 0) is 14.8 Å². The molecule has 2 aromatic carbocycles. The first-order valence-electron chi connectivity index (χ1n) is 10.2. The summed E-state index contributed by atoms with van der Waals surface area (Å²) in [6, 6.07) is 10.4. The second-order valence-corrected chi connectivity index (χ2v) is 10.1. The normalized spacial score (nSPS) is 18.5. The highest BCUT2D eigenvalue weighted by atomic mass is 35.5. The Balaban J connectivity index is 1.56. The van der Waals surface area contributed by atoms with Gasteiger partial charge in [0.2, 0.25) is 15.9 Å². The van der Waals surface area contributed by atoms with Crippen molar-refractivity contribution in [1.29, 1.82) is 0 Å². The maximum atomic E-state index is 13.3. The maximum Gasteiger partial charge on any atom is 0.241 e. The van der Waals surface area contributed by atoms with Crippen molar-refractivity contribution in [2.75, 3.05) is 25.0 Å². The number of nitrogens with zero attached hydrogens (tertiary/aromatic N) is 1. The van der Waals surface area contributed by atoms with Crippen molar-refractivity contribution < 1.29 is 17.6 Å². The fraction of sp³-hybridized carbons (Fsp3) is 0.409. The van der Waals surface area contributed by atoms with Crippen LogP contribution >= 0.6 is 11.6 Å². The predicted molar refractivity (Wildman–Crippen MR) is 120 cm³/mol. The van der Waals surface area contributed by atoms with Crippen LogP contribution < -0.4 is 10.0 Å². The van der Waals surface area contributed by atoms with Crippen molar-refractivity contribution in [2.24, 2.45) is 5.92 Å². The summed E-state index contributed by atoms with van der Waals surface area (Å²) in [6.07, 6.45) is 1.76. The molecule has 0 saturated carbocycles. The van der Waals surface area contributed by atoms with Crippen LogP contribution in [0.2, 0.25) is 5.02 Å². The number of hydrogen-bond donors (Lipinski definition) is 2. The quantitative estimate of drug-likeness (QED) is 0.649. The van der Waals surface area contributed by atoms with Crippen molar-refractivity contribution in [2.45, 2.75) is 37.6 Å². The van der Waals surface area contributed by atoms with Gasteiger partial charge in [-0.15, -0.1) is 0 Å². The molecule has 0 radical (unpaired) electrons. The molecule has 0 aliphatic carbocycles. The van der Waals surface area contributed by atoms with Crippen LogP contribution in [0.25, 0.3) is 0 Å². The number of piperidine rings is 1. The van der Waals surface area contributed by atoms with Gasteiger partial charge in [0.1, 0.15) is 5.82 Å². The Morgan fingerprint density at radius 1 is 1.26 bits per heavy atom. The zero-order valence-electron chi connectivity index (χ0n) is 17.6. The summed E-state index contributed by atoms with van der Waals surface area (Å²) in [7, 11) is -3.57. The standard InChI is InChI=1S/C22H27ClFN3O3S/c1-15-5-8-19(9-6-15)31(29,30)25-13-17-4-3-11-27(14-17)16(2)22(28)26-18-7-10-21(24)20(23)12-18/h5-10,12,16-17,25H,3-4,11,13-14H2,1-2H3,(H,26,28). The molecule has 1 aliphatic heterocycles. The highest BCUT2D eigenvalue weighted by Crippen LogP contribution is 2.22. The molecule has 1 aliphatic rings. The summed E-state index contributed by atoms with van der Waals surface area (Å²) in [5, 5.41) is 2.71. The van der Waals surface area contributed by atoms with Crippen LogP contribution in [0.3, 0.4) is 0 Å². The van der Waals surface area contributed by atoms with E-state index in [1.165, 1.54) is 18.2 Å². The van der Waals surface area contributed by atoms with E-state index >= 15 is 0 Å². The number of sulfonamides is 1. The van der Waals surface area contributed by atoms with Gasteiger partial charge >= 0.3 is 0 Å². The van der Waals surface area contributed by atoms with Crippen LogP contribution in [0.4, 0.5) is 10.1 Å². The van der Waals surface area contributed by atoms with E-state index in [9.17, 15) is 17.6 Å². The van der Waals surface area contributed by atoms with Crippen molar-refractivity contribution in [1.82, 2.24) is 9.62 Å². The Hall–Kier alpha value is -2.00. The Bertz CT molecular complexity index is 1030. The minimum Gasteiger partial charge on any atom is -0.325 e. The van der Waals surface area contributed by atoms with Crippen LogP contribution in [-0.4, -0.2) is 44.9 Å². The zero-order valence-corrected chi connectivity index (χ0v) is 19.1. The van der Waals surface area contributed by atoms with Gasteiger partial charge in [0, 0.05) is 18.8 Å². The zero-order chi connectivity index (χ0) is 22.6. The molecular weight excluding hydrogens is 441 g/mol. The van der Waals surface area contributed by atoms with E-state index in [2.05, 4.69) is 10.0 Å². The summed E-state index contributed by atoms with van der Waals surface area (Å²) < 4.78 is 41.1. The van der Waals surface area contributed by atoms with E-state index in [0.717, 1.165) is 24.9 Å². The Labute approximate surface area is 187 Å². The molecule has 2 atom stereocenters. The predicted octanol–water partition coefficient (Wildman–Crippen LogP) is 3.81. The molecule has 0 spiro atoms. The Kier molecular flexibility index (Phi) is 7.69. The lowest BCUT2D eigenvalue weighted by molar-refractivity contribution is -0.121. The van der Waals surface area contributed by atoms with E-state index in [0.29, 0.717) is 18.8 Å². The van der Waals surface area contributed by atoms with E-state index in [1.807, 2.05) is 11.8 Å². The van der Waals surface area contributed by atoms with Crippen molar-refractivity contribution in [3.8, 4) is 0 Å². The second-order valence-electron chi connectivity index (χ2n) is 7.96. The molecule has 9 heteroatoms. The fourth-order valence-corrected chi connectivity index (χ4v) is 4.93. The molecule has 168 valence electrons. The molecule has 1 heterocycles. The first-order valence-corrected chi connectivity index (χ1v) is 12.1. The number of anilines is 1. The van der Waals surface area contributed by atoms with Crippen molar-refractivity contribution >= 4 is 33.2 Å². The van der Waals surface area contributed by atoms with Gasteiger partial charge in [-0.1, -0.05) is 29.3 Å². The lowest BCUT2D eigenvalue weighted by Crippen LogP contribution is -2.48. The number of hydrogen-bond acceptors (Lipinski definition) is 4. The number of amides is 1. The molecule has 1 fully saturated rings. The summed E-state index contributed by atoms with van der Waals surface area (Å²) in [5.74, 6) is -0.660. The molecular formula is C22H27ClFN3O3S. The van der Waals surface area contributed by atoms with Crippen LogP contribution in [0.5, 0.6) is 0 Å². The smallest absolute Gasteiger partial charge is 0.241 e. The third-order valence-corrected chi connectivity index (χ3v) is 7.29. The molecule has 0 bridgehead atoms. The SMILES string of the molecule is Cc1ccc(S(=O)(=O)NCC2CCCN(C(C)C(=O)Nc3ccc(F)c(Cl)c3)C2)cc1. The van der Waals surface area contributed by atoms with Gasteiger partial charge in [-0.05, 0) is 69.5 Å². The number of carbonyl (C=O) groups excluding carboxylic acids is 1.